The van der Waals surface area contributed by atoms with Gasteiger partial charge >= 0.3 is 0 Å². The Balaban J connectivity index is 1.79. The van der Waals surface area contributed by atoms with Gasteiger partial charge in [0.05, 0.1) is 17.6 Å². The molecule has 0 saturated heterocycles. The molecule has 27 heavy (non-hydrogen) atoms. The van der Waals surface area contributed by atoms with Crippen LogP contribution in [0.1, 0.15) is 50.9 Å². The van der Waals surface area contributed by atoms with Crippen LogP contribution in [0.3, 0.4) is 0 Å². The van der Waals surface area contributed by atoms with Gasteiger partial charge in [-0.15, -0.1) is 0 Å². The molecule has 2 N–H and O–H groups in total. The first kappa shape index (κ1) is 17.7. The van der Waals surface area contributed by atoms with Crippen molar-refractivity contribution in [2.45, 2.75) is 51.5 Å². The molecule has 0 radical (unpaired) electrons. The zero-order valence-electron chi connectivity index (χ0n) is 16.3. The fraction of sp³-hybridized carbons (Fsp3) is 0.348. The highest BCUT2D eigenvalue weighted by atomic mass is 15.3. The summed E-state index contributed by atoms with van der Waals surface area (Å²) in [7, 11) is 0. The van der Waals surface area contributed by atoms with E-state index in [1.165, 1.54) is 16.9 Å². The van der Waals surface area contributed by atoms with Crippen molar-refractivity contribution in [1.29, 1.82) is 0 Å². The van der Waals surface area contributed by atoms with Crippen LogP contribution in [0.2, 0.25) is 0 Å². The number of hydrogen-bond donors (Lipinski definition) is 1. The minimum atomic E-state index is 0.0194. The lowest BCUT2D eigenvalue weighted by Crippen LogP contribution is -2.31. The maximum Gasteiger partial charge on any atom is 0.148 e. The lowest BCUT2D eigenvalue weighted by atomic mass is 9.73. The van der Waals surface area contributed by atoms with Crippen LogP contribution in [0.5, 0.6) is 0 Å². The van der Waals surface area contributed by atoms with Crippen LogP contribution >= 0.6 is 0 Å². The molecule has 0 aliphatic carbocycles. The van der Waals surface area contributed by atoms with Crippen molar-refractivity contribution in [1.82, 2.24) is 9.66 Å². The van der Waals surface area contributed by atoms with Gasteiger partial charge in [-0.3, -0.25) is 0 Å². The van der Waals surface area contributed by atoms with Crippen LogP contribution in [0, 0.1) is 0 Å². The standard InChI is InChI=1S/C23H28N4/c1-4-14-23(15-5-2)17(3)26(20-12-8-6-10-18(20)23)16-22-25-19-11-7-9-13-21(19)27(22)24/h6-13H,3-5,14-16,24H2,1-2H3. The fourth-order valence-electron chi connectivity index (χ4n) is 4.74. The summed E-state index contributed by atoms with van der Waals surface area (Å²) in [4.78, 5) is 7.10. The zero-order valence-corrected chi connectivity index (χ0v) is 16.3. The second kappa shape index (κ2) is 6.76. The molecule has 1 aliphatic rings. The number of imidazole rings is 1. The summed E-state index contributed by atoms with van der Waals surface area (Å²) in [6.07, 6.45) is 4.51. The summed E-state index contributed by atoms with van der Waals surface area (Å²) in [6.45, 7) is 9.72. The summed E-state index contributed by atoms with van der Waals surface area (Å²) in [5.41, 5.74) is 5.74. The number of allylic oxidation sites excluding steroid dienone is 1. The molecule has 4 heteroatoms. The van der Waals surface area contributed by atoms with E-state index in [9.17, 15) is 0 Å². The van der Waals surface area contributed by atoms with Crippen molar-refractivity contribution in [2.75, 3.05) is 10.7 Å². The molecule has 0 bridgehead atoms. The third-order valence-corrected chi connectivity index (χ3v) is 5.91. The Morgan fingerprint density at radius 2 is 1.67 bits per heavy atom. The Morgan fingerprint density at radius 3 is 2.37 bits per heavy atom. The molecule has 1 aliphatic heterocycles. The Kier molecular flexibility index (Phi) is 4.42. The van der Waals surface area contributed by atoms with Gasteiger partial charge in [-0.2, -0.15) is 0 Å². The fourth-order valence-corrected chi connectivity index (χ4v) is 4.74. The normalized spacial score (nSPS) is 15.5. The summed E-state index contributed by atoms with van der Waals surface area (Å²) >= 11 is 0. The van der Waals surface area contributed by atoms with E-state index >= 15 is 0 Å². The second-order valence-electron chi connectivity index (χ2n) is 7.52. The van der Waals surface area contributed by atoms with Crippen molar-refractivity contribution in [3.8, 4) is 0 Å². The highest BCUT2D eigenvalue weighted by Gasteiger charge is 2.44. The lowest BCUT2D eigenvalue weighted by Gasteiger charge is -2.33. The quantitative estimate of drug-likeness (QED) is 0.621. The highest BCUT2D eigenvalue weighted by Crippen LogP contribution is 2.52. The number of nitrogen functional groups attached to an aromatic ring is 1. The van der Waals surface area contributed by atoms with E-state index in [0.29, 0.717) is 6.54 Å². The molecular weight excluding hydrogens is 332 g/mol. The van der Waals surface area contributed by atoms with E-state index in [4.69, 9.17) is 10.8 Å². The maximum atomic E-state index is 6.37. The van der Waals surface area contributed by atoms with Crippen LogP contribution in [0.15, 0.2) is 60.8 Å². The van der Waals surface area contributed by atoms with E-state index in [1.54, 1.807) is 4.68 Å². The first-order valence-corrected chi connectivity index (χ1v) is 9.90. The number of para-hydroxylation sites is 3. The summed E-state index contributed by atoms with van der Waals surface area (Å²) < 4.78 is 1.71. The molecule has 2 aromatic carbocycles. The van der Waals surface area contributed by atoms with Gasteiger partial charge in [0, 0.05) is 16.8 Å². The number of fused-ring (bicyclic) bond motifs is 2. The summed E-state index contributed by atoms with van der Waals surface area (Å²) in [5, 5.41) is 0. The summed E-state index contributed by atoms with van der Waals surface area (Å²) in [5.74, 6) is 7.22. The van der Waals surface area contributed by atoms with E-state index < -0.39 is 0 Å². The van der Waals surface area contributed by atoms with Gasteiger partial charge in [0.1, 0.15) is 5.82 Å². The predicted molar refractivity (Wildman–Crippen MR) is 113 cm³/mol. The van der Waals surface area contributed by atoms with Crippen LogP contribution in [-0.2, 0) is 12.0 Å². The third-order valence-electron chi connectivity index (χ3n) is 5.91. The van der Waals surface area contributed by atoms with Gasteiger partial charge in [0.25, 0.3) is 0 Å². The first-order chi connectivity index (χ1) is 13.1. The molecule has 140 valence electrons. The molecule has 0 saturated carbocycles. The van der Waals surface area contributed by atoms with Crippen molar-refractivity contribution in [3.63, 3.8) is 0 Å². The Morgan fingerprint density at radius 1 is 1.00 bits per heavy atom. The molecule has 4 rings (SSSR count). The van der Waals surface area contributed by atoms with Crippen LogP contribution in [0.25, 0.3) is 11.0 Å². The highest BCUT2D eigenvalue weighted by molar-refractivity contribution is 5.76. The Labute approximate surface area is 161 Å². The average molecular weight is 361 g/mol. The molecule has 2 heterocycles. The number of anilines is 1. The molecule has 0 unspecified atom stereocenters. The van der Waals surface area contributed by atoms with Gasteiger partial charge in [-0.25, -0.2) is 9.66 Å². The number of nitrogens with zero attached hydrogens (tertiary/aromatic N) is 3. The number of nitrogens with two attached hydrogens (primary N) is 1. The van der Waals surface area contributed by atoms with Crippen molar-refractivity contribution in [2.24, 2.45) is 0 Å². The smallest absolute Gasteiger partial charge is 0.148 e. The molecule has 0 amide bonds. The van der Waals surface area contributed by atoms with E-state index in [1.807, 2.05) is 24.3 Å². The molecule has 1 aromatic heterocycles. The van der Waals surface area contributed by atoms with Crippen molar-refractivity contribution >= 4 is 16.7 Å². The van der Waals surface area contributed by atoms with Crippen molar-refractivity contribution < 1.29 is 0 Å². The van der Waals surface area contributed by atoms with Gasteiger partial charge in [-0.1, -0.05) is 63.6 Å². The molecule has 4 nitrogen and oxygen atoms in total. The average Bonchev–Trinajstić information content (AvgIpc) is 3.11. The number of rotatable bonds is 6. The first-order valence-electron chi connectivity index (χ1n) is 9.90. The number of hydrogen-bond acceptors (Lipinski definition) is 3. The van der Waals surface area contributed by atoms with Crippen LogP contribution in [-0.4, -0.2) is 9.66 Å². The lowest BCUT2D eigenvalue weighted by molar-refractivity contribution is 0.425. The zero-order chi connectivity index (χ0) is 19.0. The third kappa shape index (κ3) is 2.62. The Hall–Kier alpha value is -2.75. The van der Waals surface area contributed by atoms with Gasteiger partial charge < -0.3 is 10.7 Å². The van der Waals surface area contributed by atoms with Crippen LogP contribution < -0.4 is 10.7 Å². The minimum Gasteiger partial charge on any atom is -0.337 e. The molecule has 3 aromatic rings. The van der Waals surface area contributed by atoms with E-state index in [2.05, 4.69) is 49.6 Å². The SMILES string of the molecule is C=C1N(Cc2nc3ccccc3n2N)c2ccccc2C1(CCC)CCC. The largest absolute Gasteiger partial charge is 0.337 e. The maximum absolute atomic E-state index is 6.37. The molecule has 0 fully saturated rings. The van der Waals surface area contributed by atoms with Gasteiger partial charge in [0.2, 0.25) is 0 Å². The van der Waals surface area contributed by atoms with E-state index in [0.717, 1.165) is 42.5 Å². The molecular formula is C23H28N4. The van der Waals surface area contributed by atoms with E-state index in [-0.39, 0.29) is 5.41 Å². The summed E-state index contributed by atoms with van der Waals surface area (Å²) in [6, 6.07) is 16.7. The second-order valence-corrected chi connectivity index (χ2v) is 7.52. The minimum absolute atomic E-state index is 0.0194. The van der Waals surface area contributed by atoms with Gasteiger partial charge in [0.15, 0.2) is 0 Å². The molecule has 0 spiro atoms. The monoisotopic (exact) mass is 360 g/mol. The topological polar surface area (TPSA) is 47.1 Å². The number of benzene rings is 2. The molecule has 0 atom stereocenters. The predicted octanol–water partition coefficient (Wildman–Crippen LogP) is 5.12. The van der Waals surface area contributed by atoms with Gasteiger partial charge in [-0.05, 0) is 36.6 Å². The van der Waals surface area contributed by atoms with Crippen molar-refractivity contribution in [3.05, 3.63) is 72.2 Å². The number of aromatic nitrogens is 2. The Bertz CT molecular complexity index is 979. The van der Waals surface area contributed by atoms with Crippen LogP contribution in [0.4, 0.5) is 5.69 Å².